The summed E-state index contributed by atoms with van der Waals surface area (Å²) in [5, 5.41) is 28.6. The molecule has 22 heavy (non-hydrogen) atoms. The van der Waals surface area contributed by atoms with Gasteiger partial charge in [0.05, 0.1) is 12.2 Å². The van der Waals surface area contributed by atoms with Gasteiger partial charge in [-0.1, -0.05) is 84.5 Å². The van der Waals surface area contributed by atoms with Crippen LogP contribution in [0.2, 0.25) is 0 Å². The molecule has 3 nitrogen and oxygen atoms in total. The number of aliphatic hydroxyl groups is 3. The topological polar surface area (TPSA) is 60.7 Å². The molecular weight excluding hydrogens is 276 g/mol. The van der Waals surface area contributed by atoms with Crippen molar-refractivity contribution in [2.24, 2.45) is 5.92 Å². The first-order valence-corrected chi connectivity index (χ1v) is 9.60. The zero-order valence-corrected chi connectivity index (χ0v) is 15.0. The Labute approximate surface area is 138 Å². The summed E-state index contributed by atoms with van der Waals surface area (Å²) in [6.45, 7) is 4.10. The Morgan fingerprint density at radius 3 is 1.50 bits per heavy atom. The molecular formula is C19H40O3. The minimum absolute atomic E-state index is 0.0172. The number of unbranched alkanes of at least 4 members (excludes halogenated alkanes) is 10. The molecule has 134 valence electrons. The van der Waals surface area contributed by atoms with Gasteiger partial charge in [-0.15, -0.1) is 0 Å². The first-order valence-electron chi connectivity index (χ1n) is 9.60. The highest BCUT2D eigenvalue weighted by atomic mass is 16.3. The van der Waals surface area contributed by atoms with Crippen LogP contribution in [-0.4, -0.2) is 34.1 Å². The predicted octanol–water partition coefficient (Wildman–Crippen LogP) is 4.43. The fourth-order valence-electron chi connectivity index (χ4n) is 2.93. The lowest BCUT2D eigenvalue weighted by Gasteiger charge is -2.23. The maximum atomic E-state index is 10.0. The molecule has 3 atom stereocenters. The number of hydrogen-bond acceptors (Lipinski definition) is 3. The van der Waals surface area contributed by atoms with E-state index in [1.54, 1.807) is 0 Å². The third-order valence-corrected chi connectivity index (χ3v) is 4.74. The highest BCUT2D eigenvalue weighted by Crippen LogP contribution is 2.18. The maximum Gasteiger partial charge on any atom is 0.0612 e. The standard InChI is InChI=1S/C19H40O3/c1-3-4-5-6-7-8-9-10-11-12-13-14-18(21)17(2)19(22)15-16-20/h17-22H,3-16H2,1-2H3/t17-,18+,19-/m0/s1. The molecule has 0 aliphatic carbocycles. The van der Waals surface area contributed by atoms with Crippen LogP contribution in [0.5, 0.6) is 0 Å². The predicted molar refractivity (Wildman–Crippen MR) is 94.0 cm³/mol. The summed E-state index contributed by atoms with van der Waals surface area (Å²) in [7, 11) is 0. The van der Waals surface area contributed by atoms with E-state index in [0.29, 0.717) is 6.42 Å². The fourth-order valence-corrected chi connectivity index (χ4v) is 2.93. The lowest BCUT2D eigenvalue weighted by Crippen LogP contribution is -2.30. The van der Waals surface area contributed by atoms with Gasteiger partial charge in [-0.2, -0.15) is 0 Å². The SMILES string of the molecule is CCCCCCCCCCCCC[C@@H](O)[C@H](C)[C@@H](O)CCO. The quantitative estimate of drug-likeness (QED) is 0.369. The van der Waals surface area contributed by atoms with Gasteiger partial charge in [0.15, 0.2) is 0 Å². The highest BCUT2D eigenvalue weighted by Gasteiger charge is 2.21. The third kappa shape index (κ3) is 12.4. The van der Waals surface area contributed by atoms with Crippen LogP contribution in [0.1, 0.15) is 97.3 Å². The molecule has 0 saturated carbocycles. The van der Waals surface area contributed by atoms with Gasteiger partial charge in [0.25, 0.3) is 0 Å². The Balaban J connectivity index is 3.34. The highest BCUT2D eigenvalue weighted by molar-refractivity contribution is 4.72. The molecule has 0 fully saturated rings. The summed E-state index contributed by atoms with van der Waals surface area (Å²) < 4.78 is 0. The molecule has 0 heterocycles. The summed E-state index contributed by atoms with van der Waals surface area (Å²) in [5.74, 6) is -0.143. The lowest BCUT2D eigenvalue weighted by atomic mass is 9.92. The van der Waals surface area contributed by atoms with Crippen LogP contribution in [0, 0.1) is 5.92 Å². The molecule has 0 spiro atoms. The molecule has 0 aliphatic rings. The van der Waals surface area contributed by atoms with Crippen molar-refractivity contribution in [1.29, 1.82) is 0 Å². The number of aliphatic hydroxyl groups excluding tert-OH is 3. The van der Waals surface area contributed by atoms with E-state index in [1.165, 1.54) is 64.2 Å². The van der Waals surface area contributed by atoms with E-state index in [9.17, 15) is 10.2 Å². The van der Waals surface area contributed by atoms with Crippen molar-refractivity contribution in [2.45, 2.75) is 110 Å². The van der Waals surface area contributed by atoms with Crippen molar-refractivity contribution in [2.75, 3.05) is 6.61 Å². The molecule has 0 aromatic heterocycles. The van der Waals surface area contributed by atoms with E-state index in [0.717, 1.165) is 12.8 Å². The second-order valence-corrected chi connectivity index (χ2v) is 6.83. The molecule has 0 amide bonds. The van der Waals surface area contributed by atoms with E-state index < -0.39 is 12.2 Å². The lowest BCUT2D eigenvalue weighted by molar-refractivity contribution is 0.00531. The van der Waals surface area contributed by atoms with Gasteiger partial charge < -0.3 is 15.3 Å². The first kappa shape index (κ1) is 21.9. The fraction of sp³-hybridized carbons (Fsp3) is 1.00. The Morgan fingerprint density at radius 1 is 0.636 bits per heavy atom. The molecule has 0 radical (unpaired) electrons. The van der Waals surface area contributed by atoms with Gasteiger partial charge in [-0.3, -0.25) is 0 Å². The normalized spacial score (nSPS) is 15.7. The molecule has 0 saturated heterocycles. The van der Waals surface area contributed by atoms with E-state index in [2.05, 4.69) is 6.92 Å². The van der Waals surface area contributed by atoms with Crippen LogP contribution < -0.4 is 0 Å². The Bertz CT molecular complexity index is 221. The van der Waals surface area contributed by atoms with Crippen molar-refractivity contribution in [1.82, 2.24) is 0 Å². The molecule has 0 bridgehead atoms. The maximum absolute atomic E-state index is 10.0. The average Bonchev–Trinajstić information content (AvgIpc) is 2.51. The van der Waals surface area contributed by atoms with Crippen LogP contribution in [-0.2, 0) is 0 Å². The number of rotatable bonds is 16. The first-order chi connectivity index (χ1) is 10.6. The molecule has 0 unspecified atom stereocenters. The summed E-state index contributed by atoms with van der Waals surface area (Å²) >= 11 is 0. The van der Waals surface area contributed by atoms with Crippen LogP contribution in [0.25, 0.3) is 0 Å². The summed E-state index contributed by atoms with van der Waals surface area (Å²) in [6, 6.07) is 0. The molecule has 3 heteroatoms. The second-order valence-electron chi connectivity index (χ2n) is 6.83. The van der Waals surface area contributed by atoms with Crippen LogP contribution in [0.4, 0.5) is 0 Å². The zero-order valence-electron chi connectivity index (χ0n) is 15.0. The Hall–Kier alpha value is -0.120. The monoisotopic (exact) mass is 316 g/mol. The zero-order chi connectivity index (χ0) is 16.6. The minimum Gasteiger partial charge on any atom is -0.396 e. The second kappa shape index (κ2) is 15.8. The van der Waals surface area contributed by atoms with Gasteiger partial charge in [-0.05, 0) is 12.8 Å². The van der Waals surface area contributed by atoms with Crippen molar-refractivity contribution < 1.29 is 15.3 Å². The summed E-state index contributed by atoms with van der Waals surface area (Å²) in [4.78, 5) is 0. The van der Waals surface area contributed by atoms with Crippen molar-refractivity contribution in [3.8, 4) is 0 Å². The van der Waals surface area contributed by atoms with Crippen LogP contribution in [0.3, 0.4) is 0 Å². The largest absolute Gasteiger partial charge is 0.396 e. The summed E-state index contributed by atoms with van der Waals surface area (Å²) in [5.41, 5.74) is 0. The summed E-state index contributed by atoms with van der Waals surface area (Å²) in [6.07, 6.45) is 14.5. The molecule has 0 rings (SSSR count). The smallest absolute Gasteiger partial charge is 0.0612 e. The van der Waals surface area contributed by atoms with Crippen LogP contribution in [0.15, 0.2) is 0 Å². The van der Waals surface area contributed by atoms with Gasteiger partial charge in [-0.25, -0.2) is 0 Å². The van der Waals surface area contributed by atoms with Crippen molar-refractivity contribution in [3.05, 3.63) is 0 Å². The molecule has 0 aromatic carbocycles. The van der Waals surface area contributed by atoms with Gasteiger partial charge in [0.1, 0.15) is 0 Å². The van der Waals surface area contributed by atoms with E-state index in [4.69, 9.17) is 5.11 Å². The average molecular weight is 317 g/mol. The molecule has 0 aliphatic heterocycles. The van der Waals surface area contributed by atoms with Crippen molar-refractivity contribution >= 4 is 0 Å². The minimum atomic E-state index is -0.590. The van der Waals surface area contributed by atoms with Gasteiger partial charge >= 0.3 is 0 Å². The molecule has 0 aromatic rings. The van der Waals surface area contributed by atoms with Crippen molar-refractivity contribution in [3.63, 3.8) is 0 Å². The van der Waals surface area contributed by atoms with Gasteiger partial charge in [0, 0.05) is 12.5 Å². The Morgan fingerprint density at radius 2 is 1.05 bits per heavy atom. The van der Waals surface area contributed by atoms with E-state index >= 15 is 0 Å². The van der Waals surface area contributed by atoms with E-state index in [1.807, 2.05) is 6.92 Å². The van der Waals surface area contributed by atoms with Gasteiger partial charge in [0.2, 0.25) is 0 Å². The third-order valence-electron chi connectivity index (χ3n) is 4.74. The number of hydrogen-bond donors (Lipinski definition) is 3. The van der Waals surface area contributed by atoms with E-state index in [-0.39, 0.29) is 12.5 Å². The molecule has 3 N–H and O–H groups in total. The van der Waals surface area contributed by atoms with Crippen LogP contribution >= 0.6 is 0 Å². The Kier molecular flexibility index (Phi) is 15.7.